The molecule has 0 aromatic heterocycles. The van der Waals surface area contributed by atoms with Crippen LogP contribution in [0.25, 0.3) is 0 Å². The number of carboxylic acids is 5. The van der Waals surface area contributed by atoms with Crippen LogP contribution in [0.3, 0.4) is 0 Å². The maximum Gasteiger partial charge on any atom is 2.00 e. The van der Waals surface area contributed by atoms with Crippen LogP contribution in [0.15, 0.2) is 0 Å². The molecule has 0 N–H and O–H groups in total. The van der Waals surface area contributed by atoms with Crippen molar-refractivity contribution in [2.45, 2.75) is 548 Å². The molecule has 0 fully saturated rings. The van der Waals surface area contributed by atoms with Crippen LogP contribution >= 0.6 is 0 Å². The zero-order valence-corrected chi connectivity index (χ0v) is 75.4. The van der Waals surface area contributed by atoms with E-state index in [0.717, 1.165) is 64.2 Å². The summed E-state index contributed by atoms with van der Waals surface area (Å²) >= 11 is 0. The zero-order chi connectivity index (χ0) is 74.5. The molecular weight excluding hydrogens is 1310 g/mol. The molecule has 0 aromatic carbocycles. The molecule has 0 saturated carbocycles. The van der Waals surface area contributed by atoms with Gasteiger partial charge in [0, 0.05) is 29.8 Å². The van der Waals surface area contributed by atoms with Crippen LogP contribution in [0.5, 0.6) is 0 Å². The van der Waals surface area contributed by atoms with Gasteiger partial charge in [0.1, 0.15) is 0 Å². The second kappa shape index (κ2) is 115. The first-order valence-electron chi connectivity index (χ1n) is 44.8. The summed E-state index contributed by atoms with van der Waals surface area (Å²) in [6, 6.07) is 0. The molecule has 0 radical (unpaired) electrons. The number of aliphatic carboxylic acids is 5. The van der Waals surface area contributed by atoms with Crippen LogP contribution in [0.2, 0.25) is 0 Å². The Morgan fingerprint density at radius 1 is 0.136 bits per heavy atom. The molecule has 600 valence electrons. The quantitative estimate of drug-likeness (QED) is 0.0417. The summed E-state index contributed by atoms with van der Waals surface area (Å²) in [7, 11) is 0. The predicted octanol–water partition coefficient (Wildman–Crippen LogP) is 21.2. The fraction of sp³-hybridized carbons (Fsp3) is 0.944. The molecule has 0 heterocycles. The van der Waals surface area contributed by atoms with E-state index in [4.69, 9.17) is 0 Å². The molecule has 0 aromatic rings. The fourth-order valence-electron chi connectivity index (χ4n) is 13.2. The normalized spacial score (nSPS) is 10.5. The third kappa shape index (κ3) is 141. The summed E-state index contributed by atoms with van der Waals surface area (Å²) in [6.07, 6.45) is 99.3. The largest absolute Gasteiger partial charge is 2.00 e. The van der Waals surface area contributed by atoms with Crippen molar-refractivity contribution in [3.8, 4) is 0 Å². The Kier molecular flexibility index (Phi) is 133. The molecule has 103 heavy (non-hydrogen) atoms. The van der Waals surface area contributed by atoms with Crippen molar-refractivity contribution in [3.05, 3.63) is 0 Å². The third-order valence-corrected chi connectivity index (χ3v) is 19.9. The van der Waals surface area contributed by atoms with E-state index >= 15 is 0 Å². The molecule has 13 heteroatoms. The summed E-state index contributed by atoms with van der Waals surface area (Å²) in [5.74, 6) is -4.52. The van der Waals surface area contributed by atoms with Crippen LogP contribution in [0.1, 0.15) is 548 Å². The molecule has 0 bridgehead atoms. The predicted molar refractivity (Wildman–Crippen MR) is 434 cm³/mol. The standard InChI is InChI=1S/5C18H36O2.2Mg.Na/c5*1-2-3-4-5-6-7-8-9-10-11-12-13-14-15-16-17-18(19)20;;;/h5*2-17H2,1H3,(H,19,20);;;/q;;;;;2*+2;+1/p-5. The van der Waals surface area contributed by atoms with Gasteiger partial charge >= 0.3 is 75.7 Å². The fourth-order valence-corrected chi connectivity index (χ4v) is 13.2. The molecule has 0 aliphatic heterocycles. The summed E-state index contributed by atoms with van der Waals surface area (Å²) in [5.41, 5.74) is 0. The third-order valence-electron chi connectivity index (χ3n) is 19.9. The minimum Gasteiger partial charge on any atom is -0.550 e. The molecule has 0 rings (SSSR count). The van der Waals surface area contributed by atoms with Gasteiger partial charge in [-0.15, -0.1) is 0 Å². The average Bonchev–Trinajstić information content (AvgIpc) is 3.77. The first-order chi connectivity index (χ1) is 48.9. The molecule has 0 amide bonds. The van der Waals surface area contributed by atoms with Crippen molar-refractivity contribution in [1.82, 2.24) is 0 Å². The van der Waals surface area contributed by atoms with E-state index in [-0.39, 0.29) is 108 Å². The van der Waals surface area contributed by atoms with Gasteiger partial charge in [-0.2, -0.15) is 0 Å². The van der Waals surface area contributed by atoms with Crippen LogP contribution in [0.4, 0.5) is 0 Å². The SMILES string of the molecule is CCCCCCCCCCCCCCCCCC(=O)[O-].CCCCCCCCCCCCCCCCCC(=O)[O-].CCCCCCCCCCCCCCCCCC(=O)[O-].CCCCCCCCCCCCCCCCCC(=O)[O-].CCCCCCCCCCCCCCCCCC(=O)[O-].[Mg+2].[Mg+2].[Na+]. The molecular formula is C90H175Mg2NaO10. The van der Waals surface area contributed by atoms with E-state index in [1.807, 2.05) is 0 Å². The van der Waals surface area contributed by atoms with Crippen molar-refractivity contribution in [3.63, 3.8) is 0 Å². The Hall–Kier alpha value is -0.118. The number of carbonyl (C=O) groups excluding carboxylic acids is 5. The molecule has 0 aliphatic carbocycles. The van der Waals surface area contributed by atoms with Gasteiger partial charge in [-0.3, -0.25) is 0 Å². The Morgan fingerprint density at radius 3 is 0.252 bits per heavy atom. The summed E-state index contributed by atoms with van der Waals surface area (Å²) < 4.78 is 0. The van der Waals surface area contributed by atoms with Crippen molar-refractivity contribution in [2.24, 2.45) is 0 Å². The Labute approximate surface area is 697 Å². The second-order valence-corrected chi connectivity index (χ2v) is 30.4. The van der Waals surface area contributed by atoms with Gasteiger partial charge in [0.15, 0.2) is 0 Å². The van der Waals surface area contributed by atoms with E-state index in [1.54, 1.807) is 0 Å². The van der Waals surface area contributed by atoms with Gasteiger partial charge in [0.05, 0.1) is 0 Å². The van der Waals surface area contributed by atoms with E-state index in [1.165, 1.54) is 417 Å². The van der Waals surface area contributed by atoms with E-state index in [0.29, 0.717) is 0 Å². The second-order valence-electron chi connectivity index (χ2n) is 30.4. The number of hydrogen-bond acceptors (Lipinski definition) is 10. The number of hydrogen-bond donors (Lipinski definition) is 0. The molecule has 0 atom stereocenters. The van der Waals surface area contributed by atoms with Crippen LogP contribution in [-0.2, 0) is 24.0 Å². The average molecular weight is 1490 g/mol. The van der Waals surface area contributed by atoms with E-state index < -0.39 is 29.8 Å². The van der Waals surface area contributed by atoms with Gasteiger partial charge < -0.3 is 49.5 Å². The number of carboxylic acid groups (broad SMARTS) is 5. The number of unbranched alkanes of at least 4 members (excludes halogenated alkanes) is 70. The molecule has 10 nitrogen and oxygen atoms in total. The number of carbonyl (C=O) groups is 5. The van der Waals surface area contributed by atoms with E-state index in [2.05, 4.69) is 34.6 Å². The first-order valence-corrected chi connectivity index (χ1v) is 44.8. The summed E-state index contributed by atoms with van der Waals surface area (Å²) in [5, 5.41) is 51.1. The summed E-state index contributed by atoms with van der Waals surface area (Å²) in [6.45, 7) is 11.3. The van der Waals surface area contributed by atoms with Crippen molar-refractivity contribution >= 4 is 76.0 Å². The van der Waals surface area contributed by atoms with Gasteiger partial charge in [0.25, 0.3) is 0 Å². The zero-order valence-electron chi connectivity index (χ0n) is 70.6. The maximum atomic E-state index is 10.2. The Bertz CT molecular complexity index is 1290. The maximum absolute atomic E-state index is 10.2. The van der Waals surface area contributed by atoms with Gasteiger partial charge in [-0.05, 0) is 64.2 Å². The van der Waals surface area contributed by atoms with E-state index in [9.17, 15) is 49.5 Å². The summed E-state index contributed by atoms with van der Waals surface area (Å²) in [4.78, 5) is 51.1. The van der Waals surface area contributed by atoms with Crippen LogP contribution in [-0.4, -0.2) is 76.0 Å². The van der Waals surface area contributed by atoms with Crippen LogP contribution in [0, 0.1) is 0 Å². The van der Waals surface area contributed by atoms with Crippen LogP contribution < -0.4 is 55.1 Å². The Balaban J connectivity index is -0.000000181. The minimum absolute atomic E-state index is 0. The molecule has 0 aliphatic rings. The van der Waals surface area contributed by atoms with Gasteiger partial charge in [-0.1, -0.05) is 484 Å². The van der Waals surface area contributed by atoms with Gasteiger partial charge in [-0.25, -0.2) is 0 Å². The smallest absolute Gasteiger partial charge is 0.550 e. The van der Waals surface area contributed by atoms with Crippen molar-refractivity contribution in [2.75, 3.05) is 0 Å². The Morgan fingerprint density at radius 2 is 0.194 bits per heavy atom. The molecule has 0 saturated heterocycles. The minimum atomic E-state index is -0.903. The first kappa shape index (κ1) is 119. The van der Waals surface area contributed by atoms with Gasteiger partial charge in [0.2, 0.25) is 0 Å². The monoisotopic (exact) mass is 1490 g/mol. The van der Waals surface area contributed by atoms with Crippen molar-refractivity contribution < 1.29 is 79.1 Å². The van der Waals surface area contributed by atoms with Crippen molar-refractivity contribution in [1.29, 1.82) is 0 Å². The number of rotatable bonds is 80. The molecule has 0 unspecified atom stereocenters. The topological polar surface area (TPSA) is 201 Å². The molecule has 0 spiro atoms.